The molecule has 0 aliphatic rings. The first-order chi connectivity index (χ1) is 9.67. The maximum atomic E-state index is 11.7. The highest BCUT2D eigenvalue weighted by molar-refractivity contribution is 7.92. The van der Waals surface area contributed by atoms with Gasteiger partial charge < -0.3 is 15.8 Å². The lowest BCUT2D eigenvalue weighted by molar-refractivity contribution is -0.123. The van der Waals surface area contributed by atoms with Gasteiger partial charge in [0.05, 0.1) is 4.75 Å². The van der Waals surface area contributed by atoms with Gasteiger partial charge in [-0.25, -0.2) is 8.42 Å². The van der Waals surface area contributed by atoms with E-state index in [1.54, 1.807) is 26.0 Å². The summed E-state index contributed by atoms with van der Waals surface area (Å²) < 4.78 is 27.4. The maximum Gasteiger partial charge on any atom is 0.257 e. The van der Waals surface area contributed by atoms with Crippen molar-refractivity contribution in [1.29, 1.82) is 0 Å². The van der Waals surface area contributed by atoms with Crippen molar-refractivity contribution in [3.8, 4) is 5.75 Å². The number of ether oxygens (including phenoxy) is 1. The quantitative estimate of drug-likeness (QED) is 0.762. The number of rotatable bonds is 7. The average Bonchev–Trinajstić information content (AvgIpc) is 2.42. The molecule has 0 fully saturated rings. The number of amides is 1. The smallest absolute Gasteiger partial charge is 0.257 e. The predicted molar refractivity (Wildman–Crippen MR) is 81.8 cm³/mol. The van der Waals surface area contributed by atoms with E-state index in [1.807, 2.05) is 12.1 Å². The zero-order valence-corrected chi connectivity index (χ0v) is 13.4. The van der Waals surface area contributed by atoms with Crippen LogP contribution in [0.15, 0.2) is 24.3 Å². The van der Waals surface area contributed by atoms with Crippen molar-refractivity contribution in [3.05, 3.63) is 29.8 Å². The molecule has 7 heteroatoms. The van der Waals surface area contributed by atoms with Gasteiger partial charge in [0.2, 0.25) is 0 Å². The van der Waals surface area contributed by atoms with E-state index >= 15 is 0 Å². The van der Waals surface area contributed by atoms with E-state index in [2.05, 4.69) is 5.32 Å². The van der Waals surface area contributed by atoms with E-state index in [1.165, 1.54) is 0 Å². The Hall–Kier alpha value is -1.60. The Morgan fingerprint density at radius 2 is 1.95 bits per heavy atom. The van der Waals surface area contributed by atoms with E-state index in [-0.39, 0.29) is 19.1 Å². The molecule has 1 rings (SSSR count). The Balaban J connectivity index is 2.52. The molecule has 3 N–H and O–H groups in total. The molecule has 0 saturated carbocycles. The Morgan fingerprint density at radius 1 is 1.33 bits per heavy atom. The number of carbonyl (C=O) groups is 1. The summed E-state index contributed by atoms with van der Waals surface area (Å²) in [6.07, 6.45) is 1.15. The minimum Gasteiger partial charge on any atom is -0.483 e. The van der Waals surface area contributed by atoms with E-state index in [4.69, 9.17) is 10.5 Å². The van der Waals surface area contributed by atoms with Crippen molar-refractivity contribution < 1.29 is 17.9 Å². The zero-order valence-electron chi connectivity index (χ0n) is 12.5. The van der Waals surface area contributed by atoms with Gasteiger partial charge in [-0.1, -0.05) is 18.2 Å². The van der Waals surface area contributed by atoms with Crippen LogP contribution in [0.4, 0.5) is 0 Å². The third kappa shape index (κ3) is 5.02. The maximum absolute atomic E-state index is 11.7. The Bertz CT molecular complexity index is 597. The lowest BCUT2D eigenvalue weighted by atomic mass is 10.2. The molecule has 0 unspecified atom stereocenters. The fourth-order valence-electron chi connectivity index (χ4n) is 1.45. The SMILES string of the molecule is CC(C)(CNC(=O)COc1ccccc1CN)S(C)(=O)=O. The summed E-state index contributed by atoms with van der Waals surface area (Å²) in [5.74, 6) is 0.177. The molecule has 0 aliphatic heterocycles. The first-order valence-corrected chi connectivity index (χ1v) is 8.43. The predicted octanol–water partition coefficient (Wildman–Crippen LogP) is 0.464. The summed E-state index contributed by atoms with van der Waals surface area (Å²) in [4.78, 5) is 11.7. The van der Waals surface area contributed by atoms with Crippen molar-refractivity contribution in [2.45, 2.75) is 25.1 Å². The number of nitrogens with two attached hydrogens (primary N) is 1. The molecule has 118 valence electrons. The summed E-state index contributed by atoms with van der Waals surface area (Å²) in [7, 11) is -3.25. The molecule has 0 saturated heterocycles. The monoisotopic (exact) mass is 314 g/mol. The minimum absolute atomic E-state index is 0.0343. The van der Waals surface area contributed by atoms with E-state index < -0.39 is 14.6 Å². The van der Waals surface area contributed by atoms with Crippen LogP contribution in [0.1, 0.15) is 19.4 Å². The number of hydrogen-bond acceptors (Lipinski definition) is 5. The van der Waals surface area contributed by atoms with Crippen molar-refractivity contribution >= 4 is 15.7 Å². The minimum atomic E-state index is -3.25. The lowest BCUT2D eigenvalue weighted by Gasteiger charge is -2.22. The third-order valence-electron chi connectivity index (χ3n) is 3.27. The van der Waals surface area contributed by atoms with Crippen LogP contribution >= 0.6 is 0 Å². The van der Waals surface area contributed by atoms with Crippen molar-refractivity contribution in [2.75, 3.05) is 19.4 Å². The van der Waals surface area contributed by atoms with Gasteiger partial charge in [-0.15, -0.1) is 0 Å². The van der Waals surface area contributed by atoms with E-state index in [0.717, 1.165) is 11.8 Å². The van der Waals surface area contributed by atoms with Crippen molar-refractivity contribution in [3.63, 3.8) is 0 Å². The molecule has 1 amide bonds. The van der Waals surface area contributed by atoms with Crippen LogP contribution in [0.2, 0.25) is 0 Å². The molecule has 0 bridgehead atoms. The van der Waals surface area contributed by atoms with Gasteiger partial charge in [0.25, 0.3) is 5.91 Å². The standard InChI is InChI=1S/C14H22N2O4S/c1-14(2,21(3,18)19)10-16-13(17)9-20-12-7-5-4-6-11(12)8-15/h4-7H,8-10,15H2,1-3H3,(H,16,17). The van der Waals surface area contributed by atoms with E-state index in [0.29, 0.717) is 12.3 Å². The van der Waals surface area contributed by atoms with E-state index in [9.17, 15) is 13.2 Å². The number of para-hydroxylation sites is 1. The summed E-state index contributed by atoms with van der Waals surface area (Å²) in [5.41, 5.74) is 6.38. The molecular formula is C14H22N2O4S. The van der Waals surface area contributed by atoms with Gasteiger partial charge in [-0.05, 0) is 19.9 Å². The van der Waals surface area contributed by atoms with Gasteiger partial charge in [-0.2, -0.15) is 0 Å². The molecule has 0 aliphatic carbocycles. The molecule has 0 spiro atoms. The third-order valence-corrected chi connectivity index (χ3v) is 5.42. The highest BCUT2D eigenvalue weighted by Gasteiger charge is 2.30. The Labute approximate surface area is 125 Å². The van der Waals surface area contributed by atoms with Gasteiger partial charge in [0.1, 0.15) is 5.75 Å². The summed E-state index contributed by atoms with van der Waals surface area (Å²) in [6, 6.07) is 7.18. The largest absolute Gasteiger partial charge is 0.483 e. The Kier molecular flexibility index (Phi) is 5.74. The van der Waals surface area contributed by atoms with Crippen LogP contribution < -0.4 is 15.8 Å². The van der Waals surface area contributed by atoms with Gasteiger partial charge in [0.15, 0.2) is 16.4 Å². The molecule has 21 heavy (non-hydrogen) atoms. The fraction of sp³-hybridized carbons (Fsp3) is 0.500. The van der Waals surface area contributed by atoms with Gasteiger partial charge in [0, 0.05) is 24.9 Å². The summed E-state index contributed by atoms with van der Waals surface area (Å²) >= 11 is 0. The van der Waals surface area contributed by atoms with Crippen molar-refractivity contribution in [1.82, 2.24) is 5.32 Å². The number of benzene rings is 1. The fourth-order valence-corrected chi connectivity index (χ4v) is 1.78. The average molecular weight is 314 g/mol. The number of hydrogen-bond donors (Lipinski definition) is 2. The molecule has 0 atom stereocenters. The topological polar surface area (TPSA) is 98.5 Å². The van der Waals surface area contributed by atoms with Crippen LogP contribution in [0.25, 0.3) is 0 Å². The highest BCUT2D eigenvalue weighted by Crippen LogP contribution is 2.17. The second-order valence-corrected chi connectivity index (χ2v) is 8.06. The normalized spacial score (nSPS) is 12.0. The van der Waals surface area contributed by atoms with Crippen LogP contribution in [-0.4, -0.2) is 38.5 Å². The summed E-state index contributed by atoms with van der Waals surface area (Å²) in [6.45, 7) is 3.29. The highest BCUT2D eigenvalue weighted by atomic mass is 32.2. The van der Waals surface area contributed by atoms with Crippen molar-refractivity contribution in [2.24, 2.45) is 5.73 Å². The molecule has 1 aromatic carbocycles. The second-order valence-electron chi connectivity index (χ2n) is 5.41. The first-order valence-electron chi connectivity index (χ1n) is 6.54. The molecule has 1 aromatic rings. The molecular weight excluding hydrogens is 292 g/mol. The zero-order chi connectivity index (χ0) is 16.1. The van der Waals surface area contributed by atoms with Crippen LogP contribution in [0.3, 0.4) is 0 Å². The van der Waals surface area contributed by atoms with Gasteiger partial charge >= 0.3 is 0 Å². The number of sulfone groups is 1. The second kappa shape index (κ2) is 6.91. The molecule has 0 heterocycles. The first kappa shape index (κ1) is 17.5. The van der Waals surface area contributed by atoms with Crippen LogP contribution in [0.5, 0.6) is 5.75 Å². The summed E-state index contributed by atoms with van der Waals surface area (Å²) in [5, 5.41) is 2.56. The molecule has 6 nitrogen and oxygen atoms in total. The molecule has 0 radical (unpaired) electrons. The van der Waals surface area contributed by atoms with Crippen LogP contribution in [0, 0.1) is 0 Å². The van der Waals surface area contributed by atoms with Gasteiger partial charge in [-0.3, -0.25) is 4.79 Å². The number of carbonyl (C=O) groups excluding carboxylic acids is 1. The number of nitrogens with one attached hydrogen (secondary N) is 1. The Morgan fingerprint density at radius 3 is 2.52 bits per heavy atom. The molecule has 0 aromatic heterocycles. The lowest BCUT2D eigenvalue weighted by Crippen LogP contribution is -2.45. The van der Waals surface area contributed by atoms with Crippen LogP contribution in [-0.2, 0) is 21.2 Å².